The SMILES string of the molecule is CCCCCCCCn1c2cc(B3OC(C)(C)C(C)(C)O3)ccc2c2sccc21. The van der Waals surface area contributed by atoms with Gasteiger partial charge in [0.25, 0.3) is 0 Å². The number of nitrogens with zero attached hydrogens (tertiary/aromatic N) is 1. The highest BCUT2D eigenvalue weighted by Crippen LogP contribution is 2.37. The number of aryl methyl sites for hydroxylation is 1. The molecule has 3 nitrogen and oxygen atoms in total. The molecule has 0 amide bonds. The first-order valence-corrected chi connectivity index (χ1v) is 12.1. The summed E-state index contributed by atoms with van der Waals surface area (Å²) < 4.78 is 16.5. The zero-order valence-corrected chi connectivity index (χ0v) is 19.4. The summed E-state index contributed by atoms with van der Waals surface area (Å²) in [6.07, 6.45) is 7.92. The van der Waals surface area contributed by atoms with Crippen molar-refractivity contribution in [2.24, 2.45) is 0 Å². The van der Waals surface area contributed by atoms with Gasteiger partial charge in [0, 0.05) is 17.4 Å². The van der Waals surface area contributed by atoms with E-state index in [0.717, 1.165) is 12.0 Å². The van der Waals surface area contributed by atoms with Crippen LogP contribution in [-0.4, -0.2) is 22.9 Å². The van der Waals surface area contributed by atoms with Gasteiger partial charge in [-0.15, -0.1) is 11.3 Å². The molecule has 29 heavy (non-hydrogen) atoms. The summed E-state index contributed by atoms with van der Waals surface area (Å²) in [4.78, 5) is 0. The topological polar surface area (TPSA) is 23.4 Å². The maximum absolute atomic E-state index is 6.30. The Hall–Kier alpha value is -1.30. The van der Waals surface area contributed by atoms with E-state index in [1.165, 1.54) is 59.6 Å². The molecule has 0 radical (unpaired) electrons. The van der Waals surface area contributed by atoms with Crippen LogP contribution in [0.3, 0.4) is 0 Å². The summed E-state index contributed by atoms with van der Waals surface area (Å²) in [6.45, 7) is 11.8. The van der Waals surface area contributed by atoms with Crippen LogP contribution >= 0.6 is 11.3 Å². The number of unbranched alkanes of at least 4 members (excludes halogenated alkanes) is 5. The Bertz CT molecular complexity index is 972. The monoisotopic (exact) mass is 411 g/mol. The molecule has 4 rings (SSSR count). The second-order valence-corrected chi connectivity index (χ2v) is 10.3. The fourth-order valence-electron chi connectivity index (χ4n) is 4.23. The van der Waals surface area contributed by atoms with Crippen LogP contribution in [0.1, 0.15) is 73.1 Å². The number of rotatable bonds is 8. The highest BCUT2D eigenvalue weighted by atomic mass is 32.1. The minimum Gasteiger partial charge on any atom is -0.399 e. The maximum Gasteiger partial charge on any atom is 0.494 e. The maximum atomic E-state index is 6.30. The van der Waals surface area contributed by atoms with E-state index in [-0.39, 0.29) is 18.3 Å². The van der Waals surface area contributed by atoms with E-state index < -0.39 is 0 Å². The lowest BCUT2D eigenvalue weighted by molar-refractivity contribution is 0.00578. The summed E-state index contributed by atoms with van der Waals surface area (Å²) in [5.41, 5.74) is 3.17. The molecule has 0 saturated carbocycles. The largest absolute Gasteiger partial charge is 0.494 e. The van der Waals surface area contributed by atoms with Crippen LogP contribution in [-0.2, 0) is 15.9 Å². The van der Waals surface area contributed by atoms with Crippen molar-refractivity contribution in [1.29, 1.82) is 0 Å². The Labute approximate surface area is 179 Å². The van der Waals surface area contributed by atoms with Crippen LogP contribution in [0.2, 0.25) is 0 Å². The number of benzene rings is 1. The molecule has 0 spiro atoms. The lowest BCUT2D eigenvalue weighted by Crippen LogP contribution is -2.41. The number of hydrogen-bond acceptors (Lipinski definition) is 3. The number of thiophene rings is 1. The van der Waals surface area contributed by atoms with Crippen molar-refractivity contribution >= 4 is 45.0 Å². The first-order valence-electron chi connectivity index (χ1n) is 11.2. The molecule has 2 aromatic heterocycles. The summed E-state index contributed by atoms with van der Waals surface area (Å²) in [5.74, 6) is 0. The number of aromatic nitrogens is 1. The van der Waals surface area contributed by atoms with Gasteiger partial charge in [-0.2, -0.15) is 0 Å². The molecule has 156 valence electrons. The predicted molar refractivity (Wildman–Crippen MR) is 126 cm³/mol. The third-order valence-corrected chi connectivity index (χ3v) is 7.69. The molecule has 1 aromatic carbocycles. The lowest BCUT2D eigenvalue weighted by atomic mass is 9.79. The van der Waals surface area contributed by atoms with Gasteiger partial charge in [-0.3, -0.25) is 0 Å². The first-order chi connectivity index (χ1) is 13.8. The molecule has 5 heteroatoms. The van der Waals surface area contributed by atoms with Crippen molar-refractivity contribution in [2.75, 3.05) is 0 Å². The molecule has 0 aliphatic carbocycles. The van der Waals surface area contributed by atoms with Crippen molar-refractivity contribution in [2.45, 2.75) is 90.9 Å². The molecule has 0 N–H and O–H groups in total. The smallest absolute Gasteiger partial charge is 0.399 e. The van der Waals surface area contributed by atoms with Crippen molar-refractivity contribution in [3.63, 3.8) is 0 Å². The second kappa shape index (κ2) is 8.09. The number of fused-ring (bicyclic) bond motifs is 3. The van der Waals surface area contributed by atoms with Gasteiger partial charge >= 0.3 is 7.12 Å². The van der Waals surface area contributed by atoms with Gasteiger partial charge in [0.1, 0.15) is 0 Å². The van der Waals surface area contributed by atoms with Crippen molar-refractivity contribution in [3.05, 3.63) is 29.6 Å². The van der Waals surface area contributed by atoms with Gasteiger partial charge in [-0.1, -0.05) is 51.2 Å². The molecule has 1 aliphatic rings. The molecular formula is C24H34BNO2S. The molecule has 0 unspecified atom stereocenters. The third kappa shape index (κ3) is 3.89. The van der Waals surface area contributed by atoms with Crippen LogP contribution in [0.5, 0.6) is 0 Å². The van der Waals surface area contributed by atoms with Crippen LogP contribution in [0.15, 0.2) is 29.6 Å². The quantitative estimate of drug-likeness (QED) is 0.311. The molecule has 0 atom stereocenters. The van der Waals surface area contributed by atoms with E-state index in [0.29, 0.717) is 0 Å². The summed E-state index contributed by atoms with van der Waals surface area (Å²) in [5, 5.41) is 3.56. The second-order valence-electron chi connectivity index (χ2n) is 9.42. The number of hydrogen-bond donors (Lipinski definition) is 0. The standard InChI is InChI=1S/C24H34BNO2S/c1-6-7-8-9-10-11-15-26-20-14-16-29-22(20)19-13-12-18(17-21(19)26)25-27-23(2,3)24(4,5)28-25/h12-14,16-17H,6-11,15H2,1-5H3. The zero-order valence-electron chi connectivity index (χ0n) is 18.6. The summed E-state index contributed by atoms with van der Waals surface area (Å²) in [6, 6.07) is 9.00. The van der Waals surface area contributed by atoms with E-state index >= 15 is 0 Å². The van der Waals surface area contributed by atoms with Crippen molar-refractivity contribution in [3.8, 4) is 0 Å². The van der Waals surface area contributed by atoms with Crippen LogP contribution in [0, 0.1) is 0 Å². The average molecular weight is 411 g/mol. The fourth-order valence-corrected chi connectivity index (χ4v) is 5.16. The minimum absolute atomic E-state index is 0.306. The Morgan fingerprint density at radius 2 is 1.59 bits per heavy atom. The molecule has 3 aromatic rings. The normalized spacial score (nSPS) is 18.3. The van der Waals surface area contributed by atoms with Gasteiger partial charge in [-0.25, -0.2) is 0 Å². The third-order valence-electron chi connectivity index (χ3n) is 6.75. The van der Waals surface area contributed by atoms with E-state index in [1.54, 1.807) is 0 Å². The Balaban J connectivity index is 1.60. The van der Waals surface area contributed by atoms with E-state index in [9.17, 15) is 0 Å². The minimum atomic E-state index is -0.312. The van der Waals surface area contributed by atoms with E-state index in [1.807, 2.05) is 11.3 Å². The first kappa shape index (κ1) is 21.0. The molecule has 1 fully saturated rings. The van der Waals surface area contributed by atoms with E-state index in [4.69, 9.17) is 9.31 Å². The van der Waals surface area contributed by atoms with Crippen LogP contribution < -0.4 is 5.46 Å². The summed E-state index contributed by atoms with van der Waals surface area (Å²) in [7, 11) is -0.306. The molecule has 3 heterocycles. The summed E-state index contributed by atoms with van der Waals surface area (Å²) >= 11 is 1.84. The Morgan fingerprint density at radius 3 is 2.31 bits per heavy atom. The van der Waals surface area contributed by atoms with Crippen molar-refractivity contribution in [1.82, 2.24) is 4.57 Å². The van der Waals surface area contributed by atoms with Gasteiger partial charge in [0.05, 0.1) is 21.4 Å². The Kier molecular flexibility index (Phi) is 5.85. The molecular weight excluding hydrogens is 377 g/mol. The highest BCUT2D eigenvalue weighted by molar-refractivity contribution is 7.18. The van der Waals surface area contributed by atoms with Gasteiger partial charge < -0.3 is 13.9 Å². The van der Waals surface area contributed by atoms with E-state index in [2.05, 4.69) is 68.8 Å². The zero-order chi connectivity index (χ0) is 20.6. The molecule has 1 aliphatic heterocycles. The predicted octanol–water partition coefficient (Wildman–Crippen LogP) is 6.52. The van der Waals surface area contributed by atoms with Gasteiger partial charge in [0.2, 0.25) is 0 Å². The molecule has 1 saturated heterocycles. The van der Waals surface area contributed by atoms with Crippen LogP contribution in [0.4, 0.5) is 0 Å². The highest BCUT2D eigenvalue weighted by Gasteiger charge is 2.51. The van der Waals surface area contributed by atoms with Crippen LogP contribution in [0.25, 0.3) is 21.1 Å². The average Bonchev–Trinajstić information content (AvgIpc) is 3.30. The van der Waals surface area contributed by atoms with Crippen molar-refractivity contribution < 1.29 is 9.31 Å². The van der Waals surface area contributed by atoms with Gasteiger partial charge in [0.15, 0.2) is 0 Å². The lowest BCUT2D eigenvalue weighted by Gasteiger charge is -2.32. The fraction of sp³-hybridized carbons (Fsp3) is 0.583. The Morgan fingerprint density at radius 1 is 0.897 bits per heavy atom. The molecule has 0 bridgehead atoms. The van der Waals surface area contributed by atoms with Gasteiger partial charge in [-0.05, 0) is 57.1 Å².